The van der Waals surface area contributed by atoms with Gasteiger partial charge in [-0.25, -0.2) is 4.98 Å². The van der Waals surface area contributed by atoms with E-state index in [-0.39, 0.29) is 13.0 Å². The first-order valence-corrected chi connectivity index (χ1v) is 5.30. The third kappa shape index (κ3) is 1.93. The van der Waals surface area contributed by atoms with Crippen LogP contribution in [0.3, 0.4) is 0 Å². The van der Waals surface area contributed by atoms with Gasteiger partial charge in [-0.3, -0.25) is 0 Å². The van der Waals surface area contributed by atoms with Gasteiger partial charge in [-0.05, 0) is 19.3 Å². The number of halogens is 3. The fourth-order valence-electron chi connectivity index (χ4n) is 2.14. The molecule has 0 unspecified atom stereocenters. The van der Waals surface area contributed by atoms with Crippen LogP contribution in [0.2, 0.25) is 0 Å². The summed E-state index contributed by atoms with van der Waals surface area (Å²) in [4.78, 5) is 3.63. The molecule has 0 amide bonds. The van der Waals surface area contributed by atoms with E-state index in [0.29, 0.717) is 24.4 Å². The van der Waals surface area contributed by atoms with Crippen LogP contribution in [0.5, 0.6) is 0 Å². The topological polar surface area (TPSA) is 38.1 Å². The summed E-state index contributed by atoms with van der Waals surface area (Å²) < 4.78 is 39.3. The number of aromatic nitrogens is 2. The SMILES string of the molecule is OCCc1nc(C(F)(F)F)n2c1CCCC2. The maximum atomic E-state index is 12.7. The van der Waals surface area contributed by atoms with Crippen molar-refractivity contribution in [2.75, 3.05) is 6.61 Å². The van der Waals surface area contributed by atoms with E-state index in [0.717, 1.165) is 12.8 Å². The van der Waals surface area contributed by atoms with Crippen LogP contribution in [0.25, 0.3) is 0 Å². The minimum Gasteiger partial charge on any atom is -0.396 e. The number of aliphatic hydroxyl groups excluding tert-OH is 1. The van der Waals surface area contributed by atoms with E-state index in [1.807, 2.05) is 0 Å². The molecule has 1 aliphatic rings. The lowest BCUT2D eigenvalue weighted by molar-refractivity contribution is -0.147. The van der Waals surface area contributed by atoms with Gasteiger partial charge in [-0.2, -0.15) is 13.2 Å². The molecule has 0 bridgehead atoms. The number of imidazole rings is 1. The maximum absolute atomic E-state index is 12.7. The Morgan fingerprint density at radius 1 is 1.31 bits per heavy atom. The van der Waals surface area contributed by atoms with Gasteiger partial charge in [0, 0.05) is 25.3 Å². The van der Waals surface area contributed by atoms with Crippen LogP contribution in [0, 0.1) is 0 Å². The van der Waals surface area contributed by atoms with Gasteiger partial charge >= 0.3 is 6.18 Å². The number of hydrogen-bond donors (Lipinski definition) is 1. The van der Waals surface area contributed by atoms with Crippen LogP contribution >= 0.6 is 0 Å². The Bertz CT molecular complexity index is 384. The van der Waals surface area contributed by atoms with Gasteiger partial charge in [0.25, 0.3) is 0 Å². The highest BCUT2D eigenvalue weighted by Crippen LogP contribution is 2.32. The van der Waals surface area contributed by atoms with Crippen LogP contribution in [0.15, 0.2) is 0 Å². The second-order valence-corrected chi connectivity index (χ2v) is 3.91. The second-order valence-electron chi connectivity index (χ2n) is 3.91. The quantitative estimate of drug-likeness (QED) is 0.846. The summed E-state index contributed by atoms with van der Waals surface area (Å²) in [5.41, 5.74) is 1.04. The number of nitrogens with zero attached hydrogens (tertiary/aromatic N) is 2. The maximum Gasteiger partial charge on any atom is 0.449 e. The normalized spacial score (nSPS) is 16.2. The molecule has 16 heavy (non-hydrogen) atoms. The predicted octanol–water partition coefficient (Wildman–Crippen LogP) is 1.77. The van der Waals surface area contributed by atoms with Gasteiger partial charge < -0.3 is 9.67 Å². The highest BCUT2D eigenvalue weighted by atomic mass is 19.4. The highest BCUT2D eigenvalue weighted by molar-refractivity contribution is 5.21. The molecule has 0 aliphatic carbocycles. The molecule has 0 saturated carbocycles. The molecule has 1 N–H and O–H groups in total. The minimum absolute atomic E-state index is 0.165. The molecule has 0 atom stereocenters. The largest absolute Gasteiger partial charge is 0.449 e. The van der Waals surface area contributed by atoms with Gasteiger partial charge in [0.05, 0.1) is 5.69 Å². The lowest BCUT2D eigenvalue weighted by Crippen LogP contribution is -2.19. The molecule has 1 aliphatic heterocycles. The Balaban J connectivity index is 2.46. The fourth-order valence-corrected chi connectivity index (χ4v) is 2.14. The zero-order valence-electron chi connectivity index (χ0n) is 8.72. The fraction of sp³-hybridized carbons (Fsp3) is 0.700. The van der Waals surface area contributed by atoms with Gasteiger partial charge in [0.1, 0.15) is 0 Å². The van der Waals surface area contributed by atoms with Crippen molar-refractivity contribution in [1.82, 2.24) is 9.55 Å². The summed E-state index contributed by atoms with van der Waals surface area (Å²) in [5, 5.41) is 8.80. The van der Waals surface area contributed by atoms with Crippen molar-refractivity contribution in [3.63, 3.8) is 0 Å². The molecule has 2 heterocycles. The molecule has 6 heteroatoms. The van der Waals surface area contributed by atoms with Crippen molar-refractivity contribution in [1.29, 1.82) is 0 Å². The van der Waals surface area contributed by atoms with E-state index in [1.54, 1.807) is 0 Å². The second kappa shape index (κ2) is 4.08. The molecule has 2 rings (SSSR count). The molecule has 0 aromatic carbocycles. The molecule has 0 saturated heterocycles. The zero-order valence-corrected chi connectivity index (χ0v) is 8.72. The molecular formula is C10H13F3N2O. The molecule has 90 valence electrons. The highest BCUT2D eigenvalue weighted by Gasteiger charge is 2.39. The first kappa shape index (κ1) is 11.4. The third-order valence-corrected chi connectivity index (χ3v) is 2.80. The van der Waals surface area contributed by atoms with Gasteiger partial charge in [-0.15, -0.1) is 0 Å². The molecule has 3 nitrogen and oxygen atoms in total. The van der Waals surface area contributed by atoms with Crippen LogP contribution in [0.1, 0.15) is 30.1 Å². The number of aliphatic hydroxyl groups is 1. The Labute approximate surface area is 90.9 Å². The Kier molecular flexibility index (Phi) is 2.92. The average Bonchev–Trinajstić information content (AvgIpc) is 2.58. The molecule has 0 spiro atoms. The molecule has 1 aromatic heterocycles. The average molecular weight is 234 g/mol. The van der Waals surface area contributed by atoms with E-state index in [1.165, 1.54) is 4.57 Å². The number of rotatable bonds is 2. The zero-order chi connectivity index (χ0) is 11.8. The first-order chi connectivity index (χ1) is 7.54. The van der Waals surface area contributed by atoms with Crippen LogP contribution in [-0.2, 0) is 25.6 Å². The third-order valence-electron chi connectivity index (χ3n) is 2.80. The van der Waals surface area contributed by atoms with Crippen molar-refractivity contribution in [2.24, 2.45) is 0 Å². The van der Waals surface area contributed by atoms with E-state index >= 15 is 0 Å². The molecular weight excluding hydrogens is 221 g/mol. The summed E-state index contributed by atoms with van der Waals surface area (Å²) in [7, 11) is 0. The van der Waals surface area contributed by atoms with Crippen molar-refractivity contribution in [2.45, 2.75) is 38.4 Å². The Morgan fingerprint density at radius 2 is 2.06 bits per heavy atom. The van der Waals surface area contributed by atoms with Crippen molar-refractivity contribution < 1.29 is 18.3 Å². The summed E-state index contributed by atoms with van der Waals surface area (Å²) >= 11 is 0. The standard InChI is InChI=1S/C10H13F3N2O/c11-10(12,13)9-14-7(4-6-16)8-3-1-2-5-15(8)9/h16H,1-6H2. The summed E-state index contributed by atoms with van der Waals surface area (Å²) in [6, 6.07) is 0. The van der Waals surface area contributed by atoms with E-state index in [4.69, 9.17) is 5.11 Å². The summed E-state index contributed by atoms with van der Waals surface area (Å²) in [6.45, 7) is 0.212. The van der Waals surface area contributed by atoms with Crippen LogP contribution < -0.4 is 0 Å². The lowest BCUT2D eigenvalue weighted by atomic mass is 10.1. The van der Waals surface area contributed by atoms with Gasteiger partial charge in [-0.1, -0.05) is 0 Å². The first-order valence-electron chi connectivity index (χ1n) is 5.30. The molecule has 0 fully saturated rings. The van der Waals surface area contributed by atoms with Crippen molar-refractivity contribution in [3.8, 4) is 0 Å². The molecule has 0 radical (unpaired) electrons. The van der Waals surface area contributed by atoms with Crippen LogP contribution in [0.4, 0.5) is 13.2 Å². The van der Waals surface area contributed by atoms with Crippen molar-refractivity contribution >= 4 is 0 Å². The predicted molar refractivity (Wildman–Crippen MR) is 51.0 cm³/mol. The molecule has 1 aromatic rings. The van der Waals surface area contributed by atoms with E-state index in [9.17, 15) is 13.2 Å². The Hall–Kier alpha value is -1.04. The minimum atomic E-state index is -4.40. The van der Waals surface area contributed by atoms with E-state index < -0.39 is 12.0 Å². The number of hydrogen-bond acceptors (Lipinski definition) is 2. The summed E-state index contributed by atoms with van der Waals surface area (Å²) in [6.07, 6.45) is -1.93. The van der Waals surface area contributed by atoms with Gasteiger partial charge in [0.2, 0.25) is 5.82 Å². The van der Waals surface area contributed by atoms with Crippen LogP contribution in [-0.4, -0.2) is 21.3 Å². The lowest BCUT2D eigenvalue weighted by Gasteiger charge is -2.18. The van der Waals surface area contributed by atoms with E-state index in [2.05, 4.69) is 4.98 Å². The van der Waals surface area contributed by atoms with Crippen molar-refractivity contribution in [3.05, 3.63) is 17.2 Å². The number of alkyl halides is 3. The Morgan fingerprint density at radius 3 is 2.69 bits per heavy atom. The smallest absolute Gasteiger partial charge is 0.396 e. The number of fused-ring (bicyclic) bond motifs is 1. The van der Waals surface area contributed by atoms with Gasteiger partial charge in [0.15, 0.2) is 0 Å². The summed E-state index contributed by atoms with van der Waals surface area (Å²) in [5.74, 6) is -0.814. The monoisotopic (exact) mass is 234 g/mol.